The molecule has 1 saturated carbocycles. The summed E-state index contributed by atoms with van der Waals surface area (Å²) in [4.78, 5) is 14.4. The second-order valence-electron chi connectivity index (χ2n) is 7.27. The molecule has 1 saturated heterocycles. The number of hydrogen-bond donors (Lipinski definition) is 1. The van der Waals surface area contributed by atoms with Gasteiger partial charge in [-0.05, 0) is 50.3 Å². The Labute approximate surface area is 139 Å². The molecule has 3 nitrogen and oxygen atoms in total. The number of carbonyl (C=O) groups excluding carboxylic acids is 1. The highest BCUT2D eigenvalue weighted by molar-refractivity contribution is 5.92. The lowest BCUT2D eigenvalue weighted by atomic mass is 9.71. The maximum Gasteiger partial charge on any atom is 0.246 e. The fourth-order valence-electron chi connectivity index (χ4n) is 3.98. The fourth-order valence-corrected chi connectivity index (χ4v) is 3.98. The standard InChI is InChI=1S/C20H27NO2/c1-15-6-7-16(2)17(13-15)8-9-19(22)21-12-11-20(23)10-4-3-5-18(20)14-21/h6-9,13,18,23H,3-5,10-12,14H2,1-2H3. The molecule has 2 unspecified atom stereocenters. The number of amides is 1. The van der Waals surface area contributed by atoms with Crippen molar-refractivity contribution in [2.75, 3.05) is 13.1 Å². The Kier molecular flexibility index (Phi) is 4.58. The highest BCUT2D eigenvalue weighted by atomic mass is 16.3. The van der Waals surface area contributed by atoms with Gasteiger partial charge in [-0.25, -0.2) is 0 Å². The van der Waals surface area contributed by atoms with Crippen molar-refractivity contribution in [2.24, 2.45) is 5.92 Å². The summed E-state index contributed by atoms with van der Waals surface area (Å²) < 4.78 is 0. The van der Waals surface area contributed by atoms with Gasteiger partial charge in [0.05, 0.1) is 5.60 Å². The summed E-state index contributed by atoms with van der Waals surface area (Å²) in [6, 6.07) is 6.28. The van der Waals surface area contributed by atoms with Crippen molar-refractivity contribution in [3.05, 3.63) is 41.0 Å². The fraction of sp³-hybridized carbons (Fsp3) is 0.550. The minimum absolute atomic E-state index is 0.0681. The lowest BCUT2D eigenvalue weighted by Crippen LogP contribution is -2.54. The van der Waals surface area contributed by atoms with Crippen LogP contribution in [0.3, 0.4) is 0 Å². The van der Waals surface area contributed by atoms with Gasteiger partial charge < -0.3 is 10.0 Å². The third-order valence-electron chi connectivity index (χ3n) is 5.58. The van der Waals surface area contributed by atoms with Crippen LogP contribution in [0.1, 0.15) is 48.8 Å². The van der Waals surface area contributed by atoms with Gasteiger partial charge in [0.1, 0.15) is 0 Å². The first-order valence-corrected chi connectivity index (χ1v) is 8.74. The maximum atomic E-state index is 12.5. The molecule has 1 aromatic carbocycles. The lowest BCUT2D eigenvalue weighted by molar-refractivity contribution is -0.138. The predicted molar refractivity (Wildman–Crippen MR) is 93.1 cm³/mol. The van der Waals surface area contributed by atoms with Crippen molar-refractivity contribution in [3.63, 3.8) is 0 Å². The molecule has 1 aliphatic carbocycles. The first-order chi connectivity index (χ1) is 11.0. The molecule has 0 radical (unpaired) electrons. The molecule has 1 N–H and O–H groups in total. The molecule has 0 bridgehead atoms. The summed E-state index contributed by atoms with van der Waals surface area (Å²) >= 11 is 0. The monoisotopic (exact) mass is 313 g/mol. The third-order valence-corrected chi connectivity index (χ3v) is 5.58. The van der Waals surface area contributed by atoms with E-state index in [1.54, 1.807) is 6.08 Å². The van der Waals surface area contributed by atoms with Crippen LogP contribution in [-0.2, 0) is 4.79 Å². The van der Waals surface area contributed by atoms with E-state index < -0.39 is 5.60 Å². The third kappa shape index (κ3) is 3.50. The Morgan fingerprint density at radius 2 is 2.13 bits per heavy atom. The van der Waals surface area contributed by atoms with Crippen LogP contribution in [0, 0.1) is 19.8 Å². The van der Waals surface area contributed by atoms with Gasteiger partial charge in [0.25, 0.3) is 0 Å². The van der Waals surface area contributed by atoms with Crippen LogP contribution in [0.5, 0.6) is 0 Å². The van der Waals surface area contributed by atoms with Crippen LogP contribution >= 0.6 is 0 Å². The smallest absolute Gasteiger partial charge is 0.246 e. The Morgan fingerprint density at radius 1 is 1.30 bits per heavy atom. The molecule has 2 aliphatic rings. The average Bonchev–Trinajstić information content (AvgIpc) is 2.54. The number of aryl methyl sites for hydroxylation is 2. The van der Waals surface area contributed by atoms with Gasteiger partial charge in [0.15, 0.2) is 0 Å². The molecule has 0 aromatic heterocycles. The quantitative estimate of drug-likeness (QED) is 0.849. The molecular formula is C20H27NO2. The minimum atomic E-state index is -0.522. The highest BCUT2D eigenvalue weighted by Crippen LogP contribution is 2.39. The van der Waals surface area contributed by atoms with E-state index in [-0.39, 0.29) is 11.8 Å². The normalized spacial score (nSPS) is 28.0. The van der Waals surface area contributed by atoms with Crippen LogP contribution < -0.4 is 0 Å². The molecule has 3 rings (SSSR count). The van der Waals surface area contributed by atoms with Gasteiger partial charge >= 0.3 is 0 Å². The molecule has 1 heterocycles. The molecule has 1 aromatic rings. The number of piperidine rings is 1. The molecule has 1 aliphatic heterocycles. The van der Waals surface area contributed by atoms with Crippen LogP contribution in [0.15, 0.2) is 24.3 Å². The van der Waals surface area contributed by atoms with Gasteiger partial charge in [0.2, 0.25) is 5.91 Å². The topological polar surface area (TPSA) is 40.5 Å². The Balaban J connectivity index is 1.67. The van der Waals surface area contributed by atoms with Crippen molar-refractivity contribution in [3.8, 4) is 0 Å². The summed E-state index contributed by atoms with van der Waals surface area (Å²) in [5, 5.41) is 10.7. The molecule has 23 heavy (non-hydrogen) atoms. The van der Waals surface area contributed by atoms with Crippen molar-refractivity contribution < 1.29 is 9.90 Å². The summed E-state index contributed by atoms with van der Waals surface area (Å²) in [6.07, 6.45) is 8.57. The first kappa shape index (κ1) is 16.3. The lowest BCUT2D eigenvalue weighted by Gasteiger charge is -2.47. The number of carbonyl (C=O) groups is 1. The number of likely N-dealkylation sites (tertiary alicyclic amines) is 1. The second-order valence-corrected chi connectivity index (χ2v) is 7.27. The maximum absolute atomic E-state index is 12.5. The average molecular weight is 313 g/mol. The van der Waals surface area contributed by atoms with E-state index in [1.807, 2.05) is 11.0 Å². The number of benzene rings is 1. The van der Waals surface area contributed by atoms with Crippen LogP contribution in [0.25, 0.3) is 6.08 Å². The summed E-state index contributed by atoms with van der Waals surface area (Å²) in [7, 11) is 0. The van der Waals surface area contributed by atoms with Gasteiger partial charge in [-0.3, -0.25) is 4.79 Å². The van der Waals surface area contributed by atoms with Crippen molar-refractivity contribution in [1.29, 1.82) is 0 Å². The van der Waals surface area contributed by atoms with Crippen LogP contribution in [-0.4, -0.2) is 34.6 Å². The zero-order valence-corrected chi connectivity index (χ0v) is 14.2. The number of aliphatic hydroxyl groups is 1. The largest absolute Gasteiger partial charge is 0.389 e. The van der Waals surface area contributed by atoms with Crippen molar-refractivity contribution in [1.82, 2.24) is 4.90 Å². The Morgan fingerprint density at radius 3 is 2.96 bits per heavy atom. The van der Waals surface area contributed by atoms with E-state index >= 15 is 0 Å². The predicted octanol–water partition coefficient (Wildman–Crippen LogP) is 3.47. The highest BCUT2D eigenvalue weighted by Gasteiger charge is 2.43. The van der Waals surface area contributed by atoms with Gasteiger partial charge in [0, 0.05) is 25.1 Å². The van der Waals surface area contributed by atoms with Crippen LogP contribution in [0.2, 0.25) is 0 Å². The molecule has 1 amide bonds. The van der Waals surface area contributed by atoms with Gasteiger partial charge in [-0.15, -0.1) is 0 Å². The van der Waals surface area contributed by atoms with E-state index in [1.165, 1.54) is 17.5 Å². The van der Waals surface area contributed by atoms with E-state index in [0.717, 1.165) is 31.2 Å². The number of rotatable bonds is 2. The summed E-state index contributed by atoms with van der Waals surface area (Å²) in [5.41, 5.74) is 2.96. The van der Waals surface area contributed by atoms with E-state index in [2.05, 4.69) is 32.0 Å². The summed E-state index contributed by atoms with van der Waals surface area (Å²) in [6.45, 7) is 5.50. The molecule has 124 valence electrons. The van der Waals surface area contributed by atoms with Crippen molar-refractivity contribution in [2.45, 2.75) is 51.6 Å². The Bertz CT molecular complexity index is 622. The minimum Gasteiger partial charge on any atom is -0.389 e. The molecule has 2 fully saturated rings. The zero-order chi connectivity index (χ0) is 16.4. The van der Waals surface area contributed by atoms with E-state index in [0.29, 0.717) is 13.1 Å². The van der Waals surface area contributed by atoms with Crippen molar-refractivity contribution >= 4 is 12.0 Å². The molecule has 3 heteroatoms. The van der Waals surface area contributed by atoms with Gasteiger partial charge in [-0.2, -0.15) is 0 Å². The van der Waals surface area contributed by atoms with Crippen LogP contribution in [0.4, 0.5) is 0 Å². The van der Waals surface area contributed by atoms with Gasteiger partial charge in [-0.1, -0.05) is 36.6 Å². The summed E-state index contributed by atoms with van der Waals surface area (Å²) in [5.74, 6) is 0.321. The number of fused-ring (bicyclic) bond motifs is 1. The second kappa shape index (κ2) is 6.48. The van der Waals surface area contributed by atoms with E-state index in [4.69, 9.17) is 0 Å². The molecular weight excluding hydrogens is 286 g/mol. The molecule has 0 spiro atoms. The Hall–Kier alpha value is -1.61. The zero-order valence-electron chi connectivity index (χ0n) is 14.2. The SMILES string of the molecule is Cc1ccc(C)c(C=CC(=O)N2CCC3(O)CCCCC3C2)c1. The first-order valence-electron chi connectivity index (χ1n) is 8.74. The number of hydrogen-bond acceptors (Lipinski definition) is 2. The van der Waals surface area contributed by atoms with E-state index in [9.17, 15) is 9.90 Å². The molecule has 2 atom stereocenters. The number of nitrogens with zero attached hydrogens (tertiary/aromatic N) is 1.